The molecule has 0 spiro atoms. The van der Waals surface area contributed by atoms with Crippen LogP contribution in [-0.2, 0) is 6.54 Å². The Morgan fingerprint density at radius 2 is 2.55 bits per heavy atom. The highest BCUT2D eigenvalue weighted by Gasteiger charge is 1.93. The largest absolute Gasteiger partial charge is 0.343 e. The Kier molecular flexibility index (Phi) is 3.28. The van der Waals surface area contributed by atoms with Gasteiger partial charge in [0.2, 0.25) is 0 Å². The number of carbonyl (C=O) groups excluding carboxylic acids is 1. The van der Waals surface area contributed by atoms with E-state index in [0.29, 0.717) is 6.54 Å². The predicted octanol–water partition coefficient (Wildman–Crippen LogP) is 1.73. The highest BCUT2D eigenvalue weighted by Crippen LogP contribution is 1.95. The second-order valence-electron chi connectivity index (χ2n) is 1.99. The maximum atomic E-state index is 10.5. The molecule has 0 unspecified atom stereocenters. The summed E-state index contributed by atoms with van der Waals surface area (Å²) < 4.78 is -0.0496. The first kappa shape index (κ1) is 8.45. The highest BCUT2D eigenvalue weighted by molar-refractivity contribution is 14.1. The Hall–Kier alpha value is -0.650. The fourth-order valence-corrected chi connectivity index (χ4v) is 0.865. The zero-order valence-corrected chi connectivity index (χ0v) is 7.91. The maximum absolute atomic E-state index is 10.5. The summed E-state index contributed by atoms with van der Waals surface area (Å²) in [6.45, 7) is 0.551. The van der Waals surface area contributed by atoms with Crippen molar-refractivity contribution in [2.75, 3.05) is 0 Å². The van der Waals surface area contributed by atoms with Crippen LogP contribution in [0.4, 0.5) is 4.79 Å². The SMILES string of the molecule is O=C(I)NCc1cccnc1. The first-order chi connectivity index (χ1) is 5.29. The van der Waals surface area contributed by atoms with Crippen LogP contribution in [-0.4, -0.2) is 8.90 Å². The van der Waals surface area contributed by atoms with E-state index in [0.717, 1.165) is 5.56 Å². The fourth-order valence-electron chi connectivity index (χ4n) is 0.674. The first-order valence-electron chi connectivity index (χ1n) is 3.11. The van der Waals surface area contributed by atoms with Crippen LogP contribution in [0.3, 0.4) is 0 Å². The van der Waals surface area contributed by atoms with Crippen molar-refractivity contribution in [1.82, 2.24) is 10.3 Å². The Morgan fingerprint density at radius 1 is 1.73 bits per heavy atom. The molecule has 0 saturated heterocycles. The number of aromatic nitrogens is 1. The van der Waals surface area contributed by atoms with E-state index in [4.69, 9.17) is 0 Å². The van der Waals surface area contributed by atoms with Gasteiger partial charge in [0.1, 0.15) is 0 Å². The minimum Gasteiger partial charge on any atom is -0.343 e. The van der Waals surface area contributed by atoms with E-state index < -0.39 is 0 Å². The smallest absolute Gasteiger partial charge is 0.280 e. The molecule has 1 amide bonds. The third-order valence-electron chi connectivity index (χ3n) is 1.15. The molecule has 11 heavy (non-hydrogen) atoms. The zero-order chi connectivity index (χ0) is 8.10. The summed E-state index contributed by atoms with van der Waals surface area (Å²) >= 11 is 1.70. The van der Waals surface area contributed by atoms with Crippen LogP contribution in [0.1, 0.15) is 5.56 Å². The van der Waals surface area contributed by atoms with Gasteiger partial charge in [-0.2, -0.15) is 0 Å². The first-order valence-corrected chi connectivity index (χ1v) is 4.19. The topological polar surface area (TPSA) is 42.0 Å². The van der Waals surface area contributed by atoms with Gasteiger partial charge in [0.05, 0.1) is 0 Å². The van der Waals surface area contributed by atoms with E-state index in [1.807, 2.05) is 12.1 Å². The molecule has 0 aliphatic rings. The van der Waals surface area contributed by atoms with E-state index in [9.17, 15) is 4.79 Å². The molecule has 0 aliphatic carbocycles. The van der Waals surface area contributed by atoms with Crippen LogP contribution < -0.4 is 5.32 Å². The van der Waals surface area contributed by atoms with Crippen LogP contribution in [0.2, 0.25) is 0 Å². The molecule has 0 saturated carbocycles. The average Bonchev–Trinajstić information content (AvgIpc) is 2.03. The van der Waals surface area contributed by atoms with Crippen LogP contribution >= 0.6 is 22.6 Å². The Bertz CT molecular complexity index is 237. The van der Waals surface area contributed by atoms with E-state index in [1.54, 1.807) is 35.0 Å². The summed E-state index contributed by atoms with van der Waals surface area (Å²) in [6, 6.07) is 3.76. The predicted molar refractivity (Wildman–Crippen MR) is 50.5 cm³/mol. The van der Waals surface area contributed by atoms with Crippen molar-refractivity contribution in [2.24, 2.45) is 0 Å². The molecule has 4 heteroatoms. The van der Waals surface area contributed by atoms with Gasteiger partial charge in [-0.05, 0) is 11.6 Å². The Labute approximate surface area is 78.4 Å². The normalized spacial score (nSPS) is 9.18. The number of hydrogen-bond acceptors (Lipinski definition) is 2. The van der Waals surface area contributed by atoms with E-state index >= 15 is 0 Å². The molecule has 1 aromatic rings. The number of halogens is 1. The lowest BCUT2D eigenvalue weighted by molar-refractivity contribution is 0.262. The number of nitrogens with zero attached hydrogens (tertiary/aromatic N) is 1. The fraction of sp³-hybridized carbons (Fsp3) is 0.143. The molecule has 3 nitrogen and oxygen atoms in total. The highest BCUT2D eigenvalue weighted by atomic mass is 127. The van der Waals surface area contributed by atoms with E-state index in [2.05, 4.69) is 10.3 Å². The molecule has 0 aliphatic heterocycles. The number of rotatable bonds is 2. The van der Waals surface area contributed by atoms with Crippen molar-refractivity contribution in [2.45, 2.75) is 6.54 Å². The van der Waals surface area contributed by atoms with Crippen molar-refractivity contribution < 1.29 is 4.79 Å². The summed E-state index contributed by atoms with van der Waals surface area (Å²) in [5.41, 5.74) is 1.01. The van der Waals surface area contributed by atoms with E-state index in [1.165, 1.54) is 0 Å². The lowest BCUT2D eigenvalue weighted by Crippen LogP contribution is -2.14. The summed E-state index contributed by atoms with van der Waals surface area (Å²) in [5, 5.41) is 2.67. The monoisotopic (exact) mass is 262 g/mol. The molecule has 1 N–H and O–H groups in total. The van der Waals surface area contributed by atoms with Crippen LogP contribution in [0.15, 0.2) is 24.5 Å². The maximum Gasteiger partial charge on any atom is 0.280 e. The van der Waals surface area contributed by atoms with Gasteiger partial charge in [-0.1, -0.05) is 6.07 Å². The number of pyridine rings is 1. The van der Waals surface area contributed by atoms with Crippen molar-refractivity contribution in [3.63, 3.8) is 0 Å². The van der Waals surface area contributed by atoms with Gasteiger partial charge in [-0.25, -0.2) is 0 Å². The Morgan fingerprint density at radius 3 is 3.09 bits per heavy atom. The second-order valence-corrected chi connectivity index (χ2v) is 2.97. The molecule has 1 aromatic heterocycles. The van der Waals surface area contributed by atoms with Gasteiger partial charge in [-0.3, -0.25) is 9.78 Å². The number of amides is 1. The Balaban J connectivity index is 2.45. The lowest BCUT2D eigenvalue weighted by Gasteiger charge is -1.98. The number of carbonyl (C=O) groups is 1. The standard InChI is InChI=1S/C7H7IN2O/c8-7(11)10-5-6-2-1-3-9-4-6/h1-4H,5H2,(H,10,11). The van der Waals surface area contributed by atoms with Crippen molar-refractivity contribution >= 4 is 26.5 Å². The lowest BCUT2D eigenvalue weighted by atomic mass is 10.3. The molecule has 1 rings (SSSR count). The second kappa shape index (κ2) is 4.27. The molecule has 0 fully saturated rings. The number of hydrogen-bond donors (Lipinski definition) is 1. The third-order valence-corrected chi connectivity index (χ3v) is 1.54. The van der Waals surface area contributed by atoms with Gasteiger partial charge in [0, 0.05) is 41.5 Å². The summed E-state index contributed by atoms with van der Waals surface area (Å²) in [7, 11) is 0. The minimum atomic E-state index is -0.0496. The molecular weight excluding hydrogens is 255 g/mol. The minimum absolute atomic E-state index is 0.0496. The van der Waals surface area contributed by atoms with Gasteiger partial charge < -0.3 is 5.32 Å². The average molecular weight is 262 g/mol. The van der Waals surface area contributed by atoms with Crippen LogP contribution in [0.5, 0.6) is 0 Å². The van der Waals surface area contributed by atoms with Gasteiger partial charge >= 0.3 is 0 Å². The molecule has 0 bridgehead atoms. The van der Waals surface area contributed by atoms with Crippen molar-refractivity contribution in [3.8, 4) is 0 Å². The summed E-state index contributed by atoms with van der Waals surface area (Å²) in [4.78, 5) is 14.4. The molecular formula is C7H7IN2O. The third kappa shape index (κ3) is 3.31. The number of nitrogens with one attached hydrogen (secondary N) is 1. The summed E-state index contributed by atoms with van der Waals surface area (Å²) in [5.74, 6) is 0. The van der Waals surface area contributed by atoms with Crippen LogP contribution in [0.25, 0.3) is 0 Å². The van der Waals surface area contributed by atoms with Gasteiger partial charge in [0.15, 0.2) is 0 Å². The molecule has 1 heterocycles. The molecule has 0 atom stereocenters. The molecule has 0 aromatic carbocycles. The van der Waals surface area contributed by atoms with Gasteiger partial charge in [0.25, 0.3) is 3.91 Å². The molecule has 58 valence electrons. The molecule has 0 radical (unpaired) electrons. The van der Waals surface area contributed by atoms with Crippen molar-refractivity contribution in [1.29, 1.82) is 0 Å². The van der Waals surface area contributed by atoms with E-state index in [-0.39, 0.29) is 3.91 Å². The zero-order valence-electron chi connectivity index (χ0n) is 5.75. The van der Waals surface area contributed by atoms with Crippen molar-refractivity contribution in [3.05, 3.63) is 30.1 Å². The van der Waals surface area contributed by atoms with Crippen LogP contribution in [0, 0.1) is 0 Å². The van der Waals surface area contributed by atoms with Gasteiger partial charge in [-0.15, -0.1) is 0 Å². The quantitative estimate of drug-likeness (QED) is 0.501. The summed E-state index contributed by atoms with van der Waals surface area (Å²) in [6.07, 6.45) is 3.43.